The Kier molecular flexibility index (Phi) is 15.6. The van der Waals surface area contributed by atoms with Crippen molar-refractivity contribution in [2.45, 2.75) is 168 Å². The highest BCUT2D eigenvalue weighted by Gasteiger charge is 2.54. The van der Waals surface area contributed by atoms with Crippen LogP contribution in [0.25, 0.3) is 0 Å². The van der Waals surface area contributed by atoms with Crippen LogP contribution in [-0.2, 0) is 17.6 Å². The number of hydrogen-bond donors (Lipinski definition) is 1. The highest BCUT2D eigenvalue weighted by Crippen LogP contribution is 2.59. The number of piperidine rings is 2. The number of nitrogens with zero attached hydrogens (tertiary/aromatic N) is 2. The van der Waals surface area contributed by atoms with Crippen molar-refractivity contribution in [2.75, 3.05) is 31.9 Å². The number of Topliss-reactive ketones (excluding diaryl/α,β-unsaturated/α-hetero) is 1. The molecule has 1 aromatic carbocycles. The Labute approximate surface area is 322 Å². The number of ketones is 1. The highest BCUT2D eigenvalue weighted by molar-refractivity contribution is 7.80. The molecule has 5 nitrogen and oxygen atoms in total. The molecule has 0 spiro atoms. The van der Waals surface area contributed by atoms with E-state index in [0.717, 1.165) is 82.2 Å². The van der Waals surface area contributed by atoms with Gasteiger partial charge in [-0.1, -0.05) is 60.5 Å². The summed E-state index contributed by atoms with van der Waals surface area (Å²) in [5.41, 5.74) is 2.58. The molecule has 6 rings (SSSR count). The minimum absolute atomic E-state index is 0.0802. The summed E-state index contributed by atoms with van der Waals surface area (Å²) in [6, 6.07) is 5.18. The molecule has 5 aliphatic rings. The van der Waals surface area contributed by atoms with Crippen molar-refractivity contribution in [3.05, 3.63) is 28.8 Å². The summed E-state index contributed by atoms with van der Waals surface area (Å²) in [7, 11) is 4.74. The molecule has 6 unspecified atom stereocenters. The first-order valence-electron chi connectivity index (χ1n) is 20.6. The summed E-state index contributed by atoms with van der Waals surface area (Å²) in [5, 5.41) is 0. The van der Waals surface area contributed by atoms with Gasteiger partial charge in [0.2, 0.25) is 0 Å². The number of thiol groups is 1. The third-order valence-electron chi connectivity index (χ3n) is 13.3. The SMILES string of the molecule is CCC(C)(C)C.CCc1cc2c(cc1OC(=O)N1CCC(N3CCCCC3)CC1)CCC1C2CCC2(C)C(=O)CCC12.[B]C(F)C(C)(F)CCCS. The Morgan fingerprint density at radius 2 is 1.67 bits per heavy atom. The molecular formula is C43H69BF2N2O3S. The van der Waals surface area contributed by atoms with Gasteiger partial charge in [0.1, 0.15) is 25.0 Å². The maximum absolute atomic E-state index is 13.2. The minimum Gasteiger partial charge on any atom is -0.410 e. The van der Waals surface area contributed by atoms with E-state index < -0.39 is 11.7 Å². The van der Waals surface area contributed by atoms with Crippen LogP contribution in [0.5, 0.6) is 5.75 Å². The number of likely N-dealkylation sites (tertiary alicyclic amines) is 2. The molecule has 3 aliphatic carbocycles. The number of halogens is 2. The van der Waals surface area contributed by atoms with Crippen molar-refractivity contribution in [1.82, 2.24) is 9.80 Å². The zero-order valence-corrected chi connectivity index (χ0v) is 34.5. The van der Waals surface area contributed by atoms with Crippen LogP contribution in [0.2, 0.25) is 0 Å². The van der Waals surface area contributed by atoms with Crippen LogP contribution in [0.3, 0.4) is 0 Å². The monoisotopic (exact) mass is 743 g/mol. The lowest BCUT2D eigenvalue weighted by atomic mass is 9.55. The molecule has 4 fully saturated rings. The minimum atomic E-state index is -1.89. The van der Waals surface area contributed by atoms with Crippen LogP contribution in [0.15, 0.2) is 12.1 Å². The third kappa shape index (κ3) is 10.8. The predicted octanol–water partition coefficient (Wildman–Crippen LogP) is 10.5. The van der Waals surface area contributed by atoms with Gasteiger partial charge in [0, 0.05) is 31.0 Å². The molecule has 9 heteroatoms. The summed E-state index contributed by atoms with van der Waals surface area (Å²) in [5.74, 6) is 3.57. The molecule has 1 aromatic rings. The lowest BCUT2D eigenvalue weighted by Crippen LogP contribution is -2.48. The van der Waals surface area contributed by atoms with Crippen molar-refractivity contribution in [3.8, 4) is 5.75 Å². The summed E-state index contributed by atoms with van der Waals surface area (Å²) in [6.07, 6.45) is 13.1. The van der Waals surface area contributed by atoms with E-state index in [1.54, 1.807) is 0 Å². The standard InChI is InChI=1S/C31H44N2O3.C6H11BF2S.C6H14/c1-3-21-19-26-22(7-8-25-24(26)11-14-31(2)27(25)9-10-29(31)34)20-28(21)36-30(35)33-17-12-23(13-18-33)32-15-5-4-6-16-32;1-6(9,5(7)8)3-2-4-10;1-5-6(2,3)4/h19-20,23-25,27H,3-18H2,1-2H3;5,10H,2-4H2,1H3;5H2,1-4H3. The van der Waals surface area contributed by atoms with Gasteiger partial charge in [0.05, 0.1) is 6.07 Å². The average Bonchev–Trinajstić information content (AvgIpc) is 3.44. The topological polar surface area (TPSA) is 49.9 Å². The number of amides is 1. The number of benzene rings is 1. The van der Waals surface area contributed by atoms with Gasteiger partial charge in [-0.25, -0.2) is 9.18 Å². The van der Waals surface area contributed by atoms with Gasteiger partial charge in [0.15, 0.2) is 0 Å². The molecule has 2 saturated heterocycles. The molecule has 0 N–H and O–H groups in total. The number of alkyl halides is 2. The van der Waals surface area contributed by atoms with Gasteiger partial charge in [-0.05, 0) is 149 Å². The Morgan fingerprint density at radius 1 is 1.02 bits per heavy atom. The van der Waals surface area contributed by atoms with E-state index in [1.165, 1.54) is 56.8 Å². The first-order chi connectivity index (χ1) is 24.5. The summed E-state index contributed by atoms with van der Waals surface area (Å²) >= 11 is 3.87. The lowest BCUT2D eigenvalue weighted by Gasteiger charge is -2.48. The van der Waals surface area contributed by atoms with Gasteiger partial charge in [-0.2, -0.15) is 12.6 Å². The van der Waals surface area contributed by atoms with Crippen molar-refractivity contribution < 1.29 is 23.1 Å². The maximum Gasteiger partial charge on any atom is 0.415 e. The smallest absolute Gasteiger partial charge is 0.410 e. The zero-order valence-electron chi connectivity index (χ0n) is 33.6. The summed E-state index contributed by atoms with van der Waals surface area (Å²) in [6.45, 7) is 18.6. The molecule has 2 saturated carbocycles. The fraction of sp³-hybridized carbons (Fsp3) is 0.814. The second-order valence-electron chi connectivity index (χ2n) is 17.9. The van der Waals surface area contributed by atoms with Crippen LogP contribution in [0.1, 0.15) is 155 Å². The predicted molar refractivity (Wildman–Crippen MR) is 214 cm³/mol. The number of aryl methyl sites for hydroxylation is 2. The van der Waals surface area contributed by atoms with Crippen LogP contribution >= 0.6 is 12.6 Å². The number of hydrogen-bond acceptors (Lipinski definition) is 5. The lowest BCUT2D eigenvalue weighted by molar-refractivity contribution is -0.129. The number of rotatable bonds is 7. The van der Waals surface area contributed by atoms with E-state index in [-0.39, 0.29) is 17.9 Å². The normalized spacial score (nSPS) is 28.2. The second kappa shape index (κ2) is 18.8. The van der Waals surface area contributed by atoms with E-state index in [0.29, 0.717) is 47.2 Å². The van der Waals surface area contributed by atoms with Crippen molar-refractivity contribution in [2.24, 2.45) is 22.7 Å². The zero-order chi connectivity index (χ0) is 38.3. The number of carbonyl (C=O) groups is 2. The maximum atomic E-state index is 13.2. The Morgan fingerprint density at radius 3 is 2.25 bits per heavy atom. The first-order valence-corrected chi connectivity index (χ1v) is 21.3. The molecule has 0 aromatic heterocycles. The molecule has 52 heavy (non-hydrogen) atoms. The van der Waals surface area contributed by atoms with Crippen molar-refractivity contribution in [3.63, 3.8) is 0 Å². The molecule has 1 amide bonds. The van der Waals surface area contributed by atoms with E-state index >= 15 is 0 Å². The molecule has 292 valence electrons. The van der Waals surface area contributed by atoms with E-state index in [9.17, 15) is 18.4 Å². The highest BCUT2D eigenvalue weighted by atomic mass is 32.1. The Hall–Kier alpha value is -1.61. The van der Waals surface area contributed by atoms with Gasteiger partial charge in [-0.15, -0.1) is 0 Å². The Balaban J connectivity index is 0.000000317. The Bertz CT molecular complexity index is 1320. The van der Waals surface area contributed by atoms with Crippen molar-refractivity contribution >= 4 is 32.4 Å². The molecule has 2 aliphatic heterocycles. The van der Waals surface area contributed by atoms with Gasteiger partial charge in [0.25, 0.3) is 0 Å². The molecule has 6 atom stereocenters. The molecule has 2 radical (unpaired) electrons. The third-order valence-corrected chi connectivity index (χ3v) is 13.6. The van der Waals surface area contributed by atoms with Crippen molar-refractivity contribution in [1.29, 1.82) is 0 Å². The fourth-order valence-electron chi connectivity index (χ4n) is 9.21. The quantitative estimate of drug-likeness (QED) is 0.223. The molecule has 2 heterocycles. The van der Waals surface area contributed by atoms with Crippen LogP contribution in [-0.4, -0.2) is 79.2 Å². The van der Waals surface area contributed by atoms with E-state index in [1.807, 2.05) is 4.90 Å². The van der Waals surface area contributed by atoms with Gasteiger partial charge >= 0.3 is 6.09 Å². The summed E-state index contributed by atoms with van der Waals surface area (Å²) in [4.78, 5) is 30.4. The van der Waals surface area contributed by atoms with Gasteiger partial charge in [-0.3, -0.25) is 9.18 Å². The summed E-state index contributed by atoms with van der Waals surface area (Å²) < 4.78 is 31.1. The first kappa shape index (κ1) is 43.1. The number of carbonyl (C=O) groups excluding carboxylic acids is 2. The van der Waals surface area contributed by atoms with Gasteiger partial charge < -0.3 is 14.5 Å². The van der Waals surface area contributed by atoms with E-state index in [2.05, 4.69) is 71.2 Å². The van der Waals surface area contributed by atoms with E-state index in [4.69, 9.17) is 12.6 Å². The number of fused-ring (bicyclic) bond motifs is 5. The second-order valence-corrected chi connectivity index (χ2v) is 18.4. The van der Waals surface area contributed by atoms with Crippen LogP contribution in [0, 0.1) is 22.7 Å². The fourth-order valence-corrected chi connectivity index (χ4v) is 9.36. The number of ether oxygens (including phenoxy) is 1. The molecule has 0 bridgehead atoms. The average molecular weight is 743 g/mol. The largest absolute Gasteiger partial charge is 0.415 e. The molecular weight excluding hydrogens is 673 g/mol. The van der Waals surface area contributed by atoms with Crippen LogP contribution < -0.4 is 4.74 Å². The van der Waals surface area contributed by atoms with Crippen LogP contribution in [0.4, 0.5) is 13.6 Å².